The van der Waals surface area contributed by atoms with Crippen molar-refractivity contribution in [1.29, 1.82) is 0 Å². The molecule has 1 aromatic carbocycles. The number of likely N-dealkylation sites (tertiary alicyclic amines) is 1. The van der Waals surface area contributed by atoms with Crippen LogP contribution in [-0.2, 0) is 22.5 Å². The Kier molecular flexibility index (Phi) is 6.46. The van der Waals surface area contributed by atoms with Crippen molar-refractivity contribution in [3.63, 3.8) is 0 Å². The summed E-state index contributed by atoms with van der Waals surface area (Å²) in [6.07, 6.45) is 8.21. The van der Waals surface area contributed by atoms with Crippen LogP contribution in [0.2, 0.25) is 0 Å². The van der Waals surface area contributed by atoms with E-state index in [-0.39, 0.29) is 0 Å². The number of ether oxygens (including phenoxy) is 1. The number of carbonyl (C=O) groups is 1. The largest absolute Gasteiger partial charge is 0.379 e. The molecule has 1 aliphatic carbocycles. The maximum atomic E-state index is 12.6. The molecule has 1 saturated carbocycles. The van der Waals surface area contributed by atoms with E-state index >= 15 is 0 Å². The second-order valence-electron chi connectivity index (χ2n) is 8.66. The predicted octanol–water partition coefficient (Wildman–Crippen LogP) is 3.49. The topological polar surface area (TPSA) is 32.8 Å². The predicted molar refractivity (Wildman–Crippen MR) is 108 cm³/mol. The standard InChI is InChI=1S/C23H34N2O2/c26-23(22-3-1-2-4-22)25-11-9-20(10-12-25)17-19-5-7-21(8-6-19)18-24-13-15-27-16-14-24/h5-8,20,22H,1-4,9-18H2. The van der Waals surface area contributed by atoms with Gasteiger partial charge in [-0.2, -0.15) is 0 Å². The quantitative estimate of drug-likeness (QED) is 0.795. The lowest BCUT2D eigenvalue weighted by atomic mass is 9.89. The van der Waals surface area contributed by atoms with E-state index in [0.29, 0.717) is 11.8 Å². The van der Waals surface area contributed by atoms with Crippen molar-refractivity contribution in [3.05, 3.63) is 35.4 Å². The summed E-state index contributed by atoms with van der Waals surface area (Å²) in [5.74, 6) is 1.50. The highest BCUT2D eigenvalue weighted by Gasteiger charge is 2.29. The summed E-state index contributed by atoms with van der Waals surface area (Å²) < 4.78 is 5.43. The molecule has 1 aromatic rings. The van der Waals surface area contributed by atoms with Crippen molar-refractivity contribution in [2.24, 2.45) is 11.8 Å². The normalized spacial score (nSPS) is 23.0. The molecule has 4 heteroatoms. The number of nitrogens with zero attached hydrogens (tertiary/aromatic N) is 2. The number of hydrogen-bond acceptors (Lipinski definition) is 3. The lowest BCUT2D eigenvalue weighted by molar-refractivity contribution is -0.136. The molecule has 2 saturated heterocycles. The van der Waals surface area contributed by atoms with Gasteiger partial charge in [0.2, 0.25) is 5.91 Å². The van der Waals surface area contributed by atoms with E-state index in [1.165, 1.54) is 24.0 Å². The highest BCUT2D eigenvalue weighted by Crippen LogP contribution is 2.29. The monoisotopic (exact) mass is 370 g/mol. The molecule has 3 fully saturated rings. The molecule has 4 nitrogen and oxygen atoms in total. The third-order valence-electron chi connectivity index (χ3n) is 6.69. The van der Waals surface area contributed by atoms with Crippen LogP contribution in [0.5, 0.6) is 0 Å². The van der Waals surface area contributed by atoms with Crippen LogP contribution in [0.25, 0.3) is 0 Å². The molecular formula is C23H34N2O2. The Morgan fingerprint density at radius 1 is 0.889 bits per heavy atom. The number of rotatable bonds is 5. The zero-order valence-corrected chi connectivity index (χ0v) is 16.6. The second-order valence-corrected chi connectivity index (χ2v) is 8.66. The molecule has 0 bridgehead atoms. The molecule has 3 aliphatic rings. The van der Waals surface area contributed by atoms with Crippen LogP contribution in [-0.4, -0.2) is 55.1 Å². The van der Waals surface area contributed by atoms with E-state index < -0.39 is 0 Å². The van der Waals surface area contributed by atoms with Gasteiger partial charge in [-0.1, -0.05) is 37.1 Å². The van der Waals surface area contributed by atoms with Gasteiger partial charge in [0.1, 0.15) is 0 Å². The van der Waals surface area contributed by atoms with Gasteiger partial charge in [0, 0.05) is 38.6 Å². The smallest absolute Gasteiger partial charge is 0.225 e. The Bertz CT molecular complexity index is 595. The molecule has 2 heterocycles. The van der Waals surface area contributed by atoms with E-state index in [0.717, 1.165) is 84.0 Å². The molecule has 27 heavy (non-hydrogen) atoms. The van der Waals surface area contributed by atoms with E-state index in [4.69, 9.17) is 4.74 Å². The van der Waals surface area contributed by atoms with E-state index in [9.17, 15) is 4.79 Å². The van der Waals surface area contributed by atoms with Crippen LogP contribution in [0, 0.1) is 11.8 Å². The van der Waals surface area contributed by atoms with Crippen molar-refractivity contribution in [2.75, 3.05) is 39.4 Å². The molecule has 4 rings (SSSR count). The Hall–Kier alpha value is -1.39. The number of amides is 1. The summed E-state index contributed by atoms with van der Waals surface area (Å²) >= 11 is 0. The first-order valence-corrected chi connectivity index (χ1v) is 10.9. The second kappa shape index (κ2) is 9.20. The van der Waals surface area contributed by atoms with Gasteiger partial charge in [-0.3, -0.25) is 9.69 Å². The van der Waals surface area contributed by atoms with Gasteiger partial charge in [-0.05, 0) is 49.1 Å². The van der Waals surface area contributed by atoms with Crippen LogP contribution >= 0.6 is 0 Å². The number of morpholine rings is 1. The van der Waals surface area contributed by atoms with Gasteiger partial charge in [0.25, 0.3) is 0 Å². The highest BCUT2D eigenvalue weighted by atomic mass is 16.5. The van der Waals surface area contributed by atoms with Gasteiger partial charge >= 0.3 is 0 Å². The summed E-state index contributed by atoms with van der Waals surface area (Å²) in [5.41, 5.74) is 2.85. The Balaban J connectivity index is 1.22. The summed E-state index contributed by atoms with van der Waals surface area (Å²) in [7, 11) is 0. The average Bonchev–Trinajstić information content (AvgIpc) is 3.25. The lowest BCUT2D eigenvalue weighted by Crippen LogP contribution is -2.41. The number of carbonyl (C=O) groups excluding carboxylic acids is 1. The van der Waals surface area contributed by atoms with Crippen LogP contribution in [0.4, 0.5) is 0 Å². The van der Waals surface area contributed by atoms with Crippen molar-refractivity contribution in [3.8, 4) is 0 Å². The molecule has 1 amide bonds. The first kappa shape index (κ1) is 18.9. The minimum atomic E-state index is 0.334. The SMILES string of the molecule is O=C(C1CCCC1)N1CCC(Cc2ccc(CN3CCOCC3)cc2)CC1. The van der Waals surface area contributed by atoms with Gasteiger partial charge in [-0.25, -0.2) is 0 Å². The number of hydrogen-bond donors (Lipinski definition) is 0. The number of benzene rings is 1. The molecule has 0 unspecified atom stereocenters. The van der Waals surface area contributed by atoms with Crippen molar-refractivity contribution in [1.82, 2.24) is 9.80 Å². The molecule has 148 valence electrons. The first-order chi connectivity index (χ1) is 13.3. The van der Waals surface area contributed by atoms with E-state index in [1.54, 1.807) is 0 Å². The molecule has 0 N–H and O–H groups in total. The summed E-state index contributed by atoms with van der Waals surface area (Å²) in [6.45, 7) is 6.77. The zero-order valence-electron chi connectivity index (χ0n) is 16.6. The lowest BCUT2D eigenvalue weighted by Gasteiger charge is -2.33. The Labute approximate surface area is 163 Å². The molecular weight excluding hydrogens is 336 g/mol. The highest BCUT2D eigenvalue weighted by molar-refractivity contribution is 5.79. The third kappa shape index (κ3) is 5.11. The molecule has 0 radical (unpaired) electrons. The summed E-state index contributed by atoms with van der Waals surface area (Å²) in [4.78, 5) is 17.2. The van der Waals surface area contributed by atoms with Gasteiger partial charge in [0.05, 0.1) is 13.2 Å². The fraction of sp³-hybridized carbons (Fsp3) is 0.696. The molecule has 0 spiro atoms. The van der Waals surface area contributed by atoms with Crippen molar-refractivity contribution >= 4 is 5.91 Å². The van der Waals surface area contributed by atoms with Crippen molar-refractivity contribution < 1.29 is 9.53 Å². The minimum Gasteiger partial charge on any atom is -0.379 e. The maximum absolute atomic E-state index is 12.6. The Morgan fingerprint density at radius 2 is 1.52 bits per heavy atom. The van der Waals surface area contributed by atoms with Crippen molar-refractivity contribution in [2.45, 2.75) is 51.5 Å². The van der Waals surface area contributed by atoms with E-state index in [2.05, 4.69) is 34.1 Å². The third-order valence-corrected chi connectivity index (χ3v) is 6.69. The first-order valence-electron chi connectivity index (χ1n) is 10.9. The Morgan fingerprint density at radius 3 is 2.19 bits per heavy atom. The van der Waals surface area contributed by atoms with Gasteiger partial charge in [0.15, 0.2) is 0 Å². The van der Waals surface area contributed by atoms with Crippen LogP contribution in [0.1, 0.15) is 49.7 Å². The zero-order chi connectivity index (χ0) is 18.5. The van der Waals surface area contributed by atoms with E-state index in [1.807, 2.05) is 0 Å². The molecule has 0 aromatic heterocycles. The fourth-order valence-corrected chi connectivity index (χ4v) is 4.92. The summed E-state index contributed by atoms with van der Waals surface area (Å²) in [5, 5.41) is 0. The molecule has 2 aliphatic heterocycles. The van der Waals surface area contributed by atoms with Crippen LogP contribution in [0.15, 0.2) is 24.3 Å². The number of piperidine rings is 1. The van der Waals surface area contributed by atoms with Crippen LogP contribution < -0.4 is 0 Å². The van der Waals surface area contributed by atoms with Gasteiger partial charge in [-0.15, -0.1) is 0 Å². The maximum Gasteiger partial charge on any atom is 0.225 e. The minimum absolute atomic E-state index is 0.334. The fourth-order valence-electron chi connectivity index (χ4n) is 4.92. The van der Waals surface area contributed by atoms with Crippen LogP contribution in [0.3, 0.4) is 0 Å². The average molecular weight is 371 g/mol. The summed E-state index contributed by atoms with van der Waals surface area (Å²) in [6, 6.07) is 9.21. The molecule has 0 atom stereocenters. The van der Waals surface area contributed by atoms with Gasteiger partial charge < -0.3 is 9.64 Å².